The number of carbonyl (C=O) groups is 1. The maximum absolute atomic E-state index is 12.1. The smallest absolute Gasteiger partial charge is 0.230 e. The molecule has 3 aromatic rings. The Labute approximate surface area is 164 Å². The average Bonchev–Trinajstić information content (AvgIpc) is 3.00. The molecule has 134 valence electrons. The maximum atomic E-state index is 12.1. The molecule has 0 spiro atoms. The minimum Gasteiger partial charge on any atom is -0.384 e. The fraction of sp³-hybridized carbons (Fsp3) is 0.176. The Morgan fingerprint density at radius 1 is 1.31 bits per heavy atom. The molecule has 0 radical (unpaired) electrons. The van der Waals surface area contributed by atoms with Gasteiger partial charge in [-0.3, -0.25) is 9.69 Å². The van der Waals surface area contributed by atoms with Gasteiger partial charge in [0.05, 0.1) is 11.4 Å². The topological polar surface area (TPSA) is 85.0 Å². The van der Waals surface area contributed by atoms with E-state index < -0.39 is 0 Å². The zero-order valence-electron chi connectivity index (χ0n) is 14.1. The molecule has 0 aliphatic heterocycles. The molecule has 0 saturated carbocycles. The van der Waals surface area contributed by atoms with Crippen LogP contribution in [0.3, 0.4) is 0 Å². The molecule has 2 N–H and O–H groups in total. The molecular weight excluding hydrogens is 390 g/mol. The summed E-state index contributed by atoms with van der Waals surface area (Å²) in [4.78, 5) is 26.8. The Morgan fingerprint density at radius 2 is 2.12 bits per heavy atom. The number of carbonyl (C=O) groups excluding carboxylic acids is 1. The van der Waals surface area contributed by atoms with Crippen molar-refractivity contribution in [3.05, 3.63) is 52.1 Å². The molecule has 6 nitrogen and oxygen atoms in total. The van der Waals surface area contributed by atoms with Gasteiger partial charge in [-0.2, -0.15) is 0 Å². The van der Waals surface area contributed by atoms with Crippen molar-refractivity contribution in [2.75, 3.05) is 10.6 Å². The molecule has 0 unspecified atom stereocenters. The Morgan fingerprint density at radius 3 is 2.81 bits per heavy atom. The second-order valence-corrected chi connectivity index (χ2v) is 7.68. The van der Waals surface area contributed by atoms with E-state index in [4.69, 9.17) is 17.3 Å². The van der Waals surface area contributed by atoms with E-state index >= 15 is 0 Å². The Bertz CT molecular complexity index is 926. The van der Waals surface area contributed by atoms with E-state index in [1.54, 1.807) is 29.2 Å². The fourth-order valence-electron chi connectivity index (χ4n) is 2.28. The van der Waals surface area contributed by atoms with E-state index in [1.165, 1.54) is 30.0 Å². The largest absolute Gasteiger partial charge is 0.384 e. The van der Waals surface area contributed by atoms with E-state index in [9.17, 15) is 4.79 Å². The number of rotatable bonds is 5. The van der Waals surface area contributed by atoms with Crippen LogP contribution >= 0.6 is 34.7 Å². The maximum Gasteiger partial charge on any atom is 0.230 e. The molecule has 2 aromatic heterocycles. The SMILES string of the molecule is CC(=O)N(c1cccc(Cl)c1)c1nc(CSc2nc(C)cc(N)n2)cs1. The van der Waals surface area contributed by atoms with Crippen molar-refractivity contribution in [3.8, 4) is 0 Å². The van der Waals surface area contributed by atoms with Crippen LogP contribution in [-0.4, -0.2) is 20.9 Å². The summed E-state index contributed by atoms with van der Waals surface area (Å²) in [5.41, 5.74) is 8.10. The number of nitrogen functional groups attached to an aromatic ring is 1. The van der Waals surface area contributed by atoms with Gasteiger partial charge in [0.1, 0.15) is 5.82 Å². The number of hydrogen-bond donors (Lipinski definition) is 1. The molecule has 9 heteroatoms. The number of anilines is 3. The lowest BCUT2D eigenvalue weighted by atomic mass is 10.3. The summed E-state index contributed by atoms with van der Waals surface area (Å²) in [7, 11) is 0. The van der Waals surface area contributed by atoms with Crippen LogP contribution in [0.1, 0.15) is 18.3 Å². The highest BCUT2D eigenvalue weighted by molar-refractivity contribution is 7.98. The van der Waals surface area contributed by atoms with Gasteiger partial charge in [-0.05, 0) is 25.1 Å². The predicted molar refractivity (Wildman–Crippen MR) is 107 cm³/mol. The Kier molecular flexibility index (Phi) is 5.75. The first kappa shape index (κ1) is 18.6. The van der Waals surface area contributed by atoms with Gasteiger partial charge in [0.15, 0.2) is 10.3 Å². The van der Waals surface area contributed by atoms with Crippen LogP contribution in [0.4, 0.5) is 16.6 Å². The third kappa shape index (κ3) is 4.51. The number of amides is 1. The summed E-state index contributed by atoms with van der Waals surface area (Å²) in [6.45, 7) is 3.37. The minimum atomic E-state index is -0.129. The molecule has 0 fully saturated rings. The number of halogens is 1. The number of thiazole rings is 1. The highest BCUT2D eigenvalue weighted by atomic mass is 35.5. The normalized spacial score (nSPS) is 10.7. The van der Waals surface area contributed by atoms with E-state index in [2.05, 4.69) is 15.0 Å². The summed E-state index contributed by atoms with van der Waals surface area (Å²) in [5, 5.41) is 3.69. The first-order chi connectivity index (χ1) is 12.4. The van der Waals surface area contributed by atoms with Crippen molar-refractivity contribution < 1.29 is 4.79 Å². The van der Waals surface area contributed by atoms with Gasteiger partial charge < -0.3 is 5.73 Å². The van der Waals surface area contributed by atoms with Gasteiger partial charge in [-0.25, -0.2) is 15.0 Å². The standard InChI is InChI=1S/C17H16ClN5OS2/c1-10-6-15(19)22-16(20-10)25-8-13-9-26-17(21-13)23(11(2)24)14-5-3-4-12(18)7-14/h3-7,9H,8H2,1-2H3,(H2,19,20,22). The summed E-state index contributed by atoms with van der Waals surface area (Å²) in [6.07, 6.45) is 0. The van der Waals surface area contributed by atoms with Gasteiger partial charge in [-0.1, -0.05) is 29.4 Å². The van der Waals surface area contributed by atoms with Crippen LogP contribution in [0.25, 0.3) is 0 Å². The second kappa shape index (κ2) is 8.03. The molecular formula is C17H16ClN5OS2. The summed E-state index contributed by atoms with van der Waals surface area (Å²) in [5.74, 6) is 0.902. The minimum absolute atomic E-state index is 0.129. The van der Waals surface area contributed by atoms with Crippen molar-refractivity contribution >= 4 is 57.2 Å². The summed E-state index contributed by atoms with van der Waals surface area (Å²) >= 11 is 8.90. The number of benzene rings is 1. The Balaban J connectivity index is 1.78. The highest BCUT2D eigenvalue weighted by Gasteiger charge is 2.18. The first-order valence-corrected chi connectivity index (χ1v) is 9.91. The van der Waals surface area contributed by atoms with Crippen LogP contribution in [0.15, 0.2) is 40.9 Å². The van der Waals surface area contributed by atoms with Crippen LogP contribution < -0.4 is 10.6 Å². The molecule has 0 aliphatic rings. The van der Waals surface area contributed by atoms with E-state index in [1.807, 2.05) is 18.4 Å². The van der Waals surface area contributed by atoms with Gasteiger partial charge in [-0.15, -0.1) is 11.3 Å². The molecule has 0 aliphatic carbocycles. The van der Waals surface area contributed by atoms with Crippen LogP contribution in [-0.2, 0) is 10.5 Å². The average molecular weight is 406 g/mol. The van der Waals surface area contributed by atoms with Gasteiger partial charge >= 0.3 is 0 Å². The number of aromatic nitrogens is 3. The van der Waals surface area contributed by atoms with Crippen molar-refractivity contribution in [3.63, 3.8) is 0 Å². The third-order valence-corrected chi connectivity index (χ3v) is 5.31. The van der Waals surface area contributed by atoms with Gasteiger partial charge in [0.25, 0.3) is 0 Å². The van der Waals surface area contributed by atoms with Crippen molar-refractivity contribution in [2.24, 2.45) is 0 Å². The Hall–Kier alpha value is -2.16. The fourth-order valence-corrected chi connectivity index (χ4v) is 4.26. The highest BCUT2D eigenvalue weighted by Crippen LogP contribution is 2.32. The summed E-state index contributed by atoms with van der Waals surface area (Å²) in [6, 6.07) is 8.85. The molecule has 0 atom stereocenters. The number of nitrogens with two attached hydrogens (primary N) is 1. The van der Waals surface area contributed by atoms with E-state index in [0.29, 0.717) is 32.6 Å². The monoisotopic (exact) mass is 405 g/mol. The number of aryl methyl sites for hydroxylation is 1. The lowest BCUT2D eigenvalue weighted by Gasteiger charge is -2.18. The van der Waals surface area contributed by atoms with E-state index in [0.717, 1.165) is 11.4 Å². The quantitative estimate of drug-likeness (QED) is 0.498. The zero-order valence-corrected chi connectivity index (χ0v) is 16.5. The van der Waals surface area contributed by atoms with Crippen molar-refractivity contribution in [2.45, 2.75) is 24.8 Å². The second-order valence-electron chi connectivity index (χ2n) is 5.46. The first-order valence-electron chi connectivity index (χ1n) is 7.67. The van der Waals surface area contributed by atoms with Crippen LogP contribution in [0.5, 0.6) is 0 Å². The molecule has 0 saturated heterocycles. The molecule has 3 rings (SSSR count). The molecule has 1 amide bonds. The van der Waals surface area contributed by atoms with Crippen molar-refractivity contribution in [1.82, 2.24) is 15.0 Å². The zero-order chi connectivity index (χ0) is 18.7. The molecule has 1 aromatic carbocycles. The lowest BCUT2D eigenvalue weighted by molar-refractivity contribution is -0.115. The molecule has 0 bridgehead atoms. The van der Waals surface area contributed by atoms with E-state index in [-0.39, 0.29) is 5.91 Å². The van der Waals surface area contributed by atoms with Gasteiger partial charge in [0, 0.05) is 34.8 Å². The lowest BCUT2D eigenvalue weighted by Crippen LogP contribution is -2.22. The number of thioether (sulfide) groups is 1. The molecule has 26 heavy (non-hydrogen) atoms. The van der Waals surface area contributed by atoms with Crippen LogP contribution in [0, 0.1) is 6.92 Å². The number of hydrogen-bond acceptors (Lipinski definition) is 7. The molecule has 2 heterocycles. The van der Waals surface area contributed by atoms with Crippen LogP contribution in [0.2, 0.25) is 5.02 Å². The number of nitrogens with zero attached hydrogens (tertiary/aromatic N) is 4. The predicted octanol–water partition coefficient (Wildman–Crippen LogP) is 4.45. The van der Waals surface area contributed by atoms with Crippen molar-refractivity contribution in [1.29, 1.82) is 0 Å². The van der Waals surface area contributed by atoms with Gasteiger partial charge in [0.2, 0.25) is 5.91 Å². The third-order valence-electron chi connectivity index (χ3n) is 3.31. The summed E-state index contributed by atoms with van der Waals surface area (Å²) < 4.78 is 0.